The standard InChI is InChI=1S/C13H26N2O2S/c1-3-18-10-9-15-7-4-5-12(6-8-15)14(2)11-13(16)17/h12H,3-11H2,1-2H3,(H,16,17). The number of aliphatic carboxylic acids is 1. The molecule has 0 amide bonds. The van der Waals surface area contributed by atoms with Crippen LogP contribution in [-0.4, -0.2) is 71.6 Å². The van der Waals surface area contributed by atoms with Gasteiger partial charge in [-0.15, -0.1) is 0 Å². The van der Waals surface area contributed by atoms with Crippen molar-refractivity contribution in [1.29, 1.82) is 0 Å². The number of nitrogens with zero attached hydrogens (tertiary/aromatic N) is 2. The van der Waals surface area contributed by atoms with Crippen molar-refractivity contribution in [3.05, 3.63) is 0 Å². The summed E-state index contributed by atoms with van der Waals surface area (Å²) in [5.74, 6) is 1.68. The van der Waals surface area contributed by atoms with Gasteiger partial charge in [0.2, 0.25) is 0 Å². The molecule has 0 aromatic rings. The molecule has 5 heteroatoms. The molecule has 4 nitrogen and oxygen atoms in total. The van der Waals surface area contributed by atoms with Crippen molar-refractivity contribution >= 4 is 17.7 Å². The number of likely N-dealkylation sites (N-methyl/N-ethyl adjacent to an activating group) is 1. The molecule has 1 heterocycles. The summed E-state index contributed by atoms with van der Waals surface area (Å²) in [6.07, 6.45) is 3.41. The summed E-state index contributed by atoms with van der Waals surface area (Å²) in [5.41, 5.74) is 0. The lowest BCUT2D eigenvalue weighted by molar-refractivity contribution is -0.138. The molecule has 1 N–H and O–H groups in total. The zero-order valence-electron chi connectivity index (χ0n) is 11.6. The molecular formula is C13H26N2O2S. The first kappa shape index (κ1) is 15.8. The molecule has 0 aromatic carbocycles. The Bertz CT molecular complexity index is 251. The van der Waals surface area contributed by atoms with Crippen LogP contribution in [0.2, 0.25) is 0 Å². The van der Waals surface area contributed by atoms with Gasteiger partial charge in [0, 0.05) is 18.3 Å². The highest BCUT2D eigenvalue weighted by molar-refractivity contribution is 7.99. The number of carboxylic acid groups (broad SMARTS) is 1. The molecule has 0 radical (unpaired) electrons. The summed E-state index contributed by atoms with van der Waals surface area (Å²) in [7, 11) is 1.93. The molecule has 1 aliphatic heterocycles. The van der Waals surface area contributed by atoms with Crippen LogP contribution >= 0.6 is 11.8 Å². The number of rotatable bonds is 7. The smallest absolute Gasteiger partial charge is 0.317 e. The molecule has 0 bridgehead atoms. The molecule has 0 saturated carbocycles. The fraction of sp³-hybridized carbons (Fsp3) is 0.923. The van der Waals surface area contributed by atoms with Gasteiger partial charge in [-0.05, 0) is 45.2 Å². The van der Waals surface area contributed by atoms with Gasteiger partial charge in [0.15, 0.2) is 0 Å². The fourth-order valence-electron chi connectivity index (χ4n) is 2.48. The van der Waals surface area contributed by atoms with E-state index in [0.717, 1.165) is 19.4 Å². The minimum atomic E-state index is -0.724. The summed E-state index contributed by atoms with van der Waals surface area (Å²) >= 11 is 1.99. The van der Waals surface area contributed by atoms with E-state index in [0.29, 0.717) is 6.04 Å². The van der Waals surface area contributed by atoms with Gasteiger partial charge < -0.3 is 10.0 Å². The predicted molar refractivity (Wildman–Crippen MR) is 77.3 cm³/mol. The Labute approximate surface area is 115 Å². The quantitative estimate of drug-likeness (QED) is 0.715. The maximum atomic E-state index is 10.7. The van der Waals surface area contributed by atoms with E-state index in [1.165, 1.54) is 31.0 Å². The molecule has 1 unspecified atom stereocenters. The molecule has 1 atom stereocenters. The van der Waals surface area contributed by atoms with Crippen molar-refractivity contribution in [3.63, 3.8) is 0 Å². The van der Waals surface area contributed by atoms with Crippen molar-refractivity contribution in [2.75, 3.05) is 44.7 Å². The first-order valence-corrected chi connectivity index (χ1v) is 8.01. The number of thioether (sulfide) groups is 1. The number of hydrogen-bond donors (Lipinski definition) is 1. The highest BCUT2D eigenvalue weighted by Gasteiger charge is 2.21. The molecule has 1 fully saturated rings. The molecule has 1 saturated heterocycles. The SMILES string of the molecule is CCSCCN1CCCC(N(C)CC(=O)O)CC1. The van der Waals surface area contributed by atoms with Crippen LogP contribution in [0.15, 0.2) is 0 Å². The lowest BCUT2D eigenvalue weighted by Gasteiger charge is -2.25. The molecule has 18 heavy (non-hydrogen) atoms. The summed E-state index contributed by atoms with van der Waals surface area (Å²) in [6.45, 7) is 5.81. The maximum absolute atomic E-state index is 10.7. The molecule has 1 rings (SSSR count). The van der Waals surface area contributed by atoms with Crippen LogP contribution in [-0.2, 0) is 4.79 Å². The Morgan fingerprint density at radius 2 is 2.22 bits per heavy atom. The Hall–Kier alpha value is -0.260. The van der Waals surface area contributed by atoms with Crippen LogP contribution in [0.3, 0.4) is 0 Å². The van der Waals surface area contributed by atoms with E-state index >= 15 is 0 Å². The van der Waals surface area contributed by atoms with E-state index in [4.69, 9.17) is 5.11 Å². The first-order chi connectivity index (χ1) is 8.63. The second kappa shape index (κ2) is 8.77. The summed E-state index contributed by atoms with van der Waals surface area (Å²) < 4.78 is 0. The van der Waals surface area contributed by atoms with Crippen LogP contribution < -0.4 is 0 Å². The zero-order chi connectivity index (χ0) is 13.4. The van der Waals surface area contributed by atoms with Gasteiger partial charge in [0.05, 0.1) is 6.54 Å². The highest BCUT2D eigenvalue weighted by atomic mass is 32.2. The van der Waals surface area contributed by atoms with Crippen LogP contribution in [0.1, 0.15) is 26.2 Å². The third-order valence-electron chi connectivity index (χ3n) is 3.55. The molecule has 0 spiro atoms. The first-order valence-electron chi connectivity index (χ1n) is 6.85. The molecule has 0 aliphatic carbocycles. The third-order valence-corrected chi connectivity index (χ3v) is 4.43. The normalized spacial score (nSPS) is 22.1. The summed E-state index contributed by atoms with van der Waals surface area (Å²) in [4.78, 5) is 15.2. The van der Waals surface area contributed by atoms with Crippen molar-refractivity contribution in [1.82, 2.24) is 9.80 Å². The topological polar surface area (TPSA) is 43.8 Å². The van der Waals surface area contributed by atoms with Gasteiger partial charge in [0.1, 0.15) is 0 Å². The molecular weight excluding hydrogens is 248 g/mol. The van der Waals surface area contributed by atoms with E-state index < -0.39 is 5.97 Å². The van der Waals surface area contributed by atoms with Crippen molar-refractivity contribution in [3.8, 4) is 0 Å². The van der Waals surface area contributed by atoms with E-state index in [-0.39, 0.29) is 6.54 Å². The van der Waals surface area contributed by atoms with Gasteiger partial charge in [-0.3, -0.25) is 9.69 Å². The van der Waals surface area contributed by atoms with Gasteiger partial charge in [0.25, 0.3) is 0 Å². The highest BCUT2D eigenvalue weighted by Crippen LogP contribution is 2.16. The average molecular weight is 274 g/mol. The van der Waals surface area contributed by atoms with Crippen LogP contribution in [0.4, 0.5) is 0 Å². The monoisotopic (exact) mass is 274 g/mol. The van der Waals surface area contributed by atoms with Gasteiger partial charge >= 0.3 is 5.97 Å². The van der Waals surface area contributed by atoms with E-state index in [2.05, 4.69) is 11.8 Å². The third kappa shape index (κ3) is 6.07. The van der Waals surface area contributed by atoms with Crippen molar-refractivity contribution in [2.24, 2.45) is 0 Å². The van der Waals surface area contributed by atoms with Crippen molar-refractivity contribution in [2.45, 2.75) is 32.2 Å². The van der Waals surface area contributed by atoms with E-state index in [1.807, 2.05) is 23.7 Å². The zero-order valence-corrected chi connectivity index (χ0v) is 12.4. The molecule has 106 valence electrons. The number of likely N-dealkylation sites (tertiary alicyclic amines) is 1. The summed E-state index contributed by atoms with van der Waals surface area (Å²) in [6, 6.07) is 0.435. The minimum absolute atomic E-state index is 0.163. The Kier molecular flexibility index (Phi) is 7.70. The predicted octanol–water partition coefficient (Wildman–Crippen LogP) is 1.61. The second-order valence-corrected chi connectivity index (χ2v) is 6.33. The largest absolute Gasteiger partial charge is 0.480 e. The number of carboxylic acids is 1. The average Bonchev–Trinajstić information content (AvgIpc) is 2.54. The number of hydrogen-bond acceptors (Lipinski definition) is 4. The lowest BCUT2D eigenvalue weighted by atomic mass is 10.1. The van der Waals surface area contributed by atoms with Gasteiger partial charge in [-0.25, -0.2) is 0 Å². The summed E-state index contributed by atoms with van der Waals surface area (Å²) in [5, 5.41) is 8.83. The maximum Gasteiger partial charge on any atom is 0.317 e. The van der Waals surface area contributed by atoms with Crippen molar-refractivity contribution < 1.29 is 9.90 Å². The Morgan fingerprint density at radius 1 is 1.44 bits per heavy atom. The Morgan fingerprint density at radius 3 is 2.89 bits per heavy atom. The van der Waals surface area contributed by atoms with E-state index in [9.17, 15) is 4.79 Å². The van der Waals surface area contributed by atoms with Crippen LogP contribution in [0.5, 0.6) is 0 Å². The molecule has 0 aromatic heterocycles. The fourth-order valence-corrected chi connectivity index (χ4v) is 3.16. The van der Waals surface area contributed by atoms with Crippen LogP contribution in [0.25, 0.3) is 0 Å². The molecule has 1 aliphatic rings. The van der Waals surface area contributed by atoms with Gasteiger partial charge in [-0.1, -0.05) is 6.92 Å². The Balaban J connectivity index is 2.29. The second-order valence-electron chi connectivity index (χ2n) is 4.93. The minimum Gasteiger partial charge on any atom is -0.480 e. The number of carbonyl (C=O) groups is 1. The van der Waals surface area contributed by atoms with Gasteiger partial charge in [-0.2, -0.15) is 11.8 Å². The van der Waals surface area contributed by atoms with E-state index in [1.54, 1.807) is 0 Å². The lowest BCUT2D eigenvalue weighted by Crippen LogP contribution is -2.36. The van der Waals surface area contributed by atoms with Crippen LogP contribution in [0, 0.1) is 0 Å².